The van der Waals surface area contributed by atoms with E-state index in [2.05, 4.69) is 5.32 Å². The fourth-order valence-corrected chi connectivity index (χ4v) is 3.63. The van der Waals surface area contributed by atoms with Crippen molar-refractivity contribution in [3.8, 4) is 5.75 Å². The highest BCUT2D eigenvalue weighted by molar-refractivity contribution is 5.86. The van der Waals surface area contributed by atoms with Gasteiger partial charge in [-0.1, -0.05) is 42.5 Å². The van der Waals surface area contributed by atoms with Crippen LogP contribution in [-0.2, 0) is 27.3 Å². The van der Waals surface area contributed by atoms with E-state index in [0.29, 0.717) is 26.2 Å². The normalized spacial score (nSPS) is 14.7. The van der Waals surface area contributed by atoms with Crippen LogP contribution in [0.4, 0.5) is 9.59 Å². The number of nitrogens with zero attached hydrogens (tertiary/aromatic N) is 2. The molecular formula is C26H33N3O6. The molecule has 2 N–H and O–H groups in total. The molecule has 0 aliphatic carbocycles. The third kappa shape index (κ3) is 8.20. The van der Waals surface area contributed by atoms with Crippen molar-refractivity contribution in [1.29, 1.82) is 0 Å². The second-order valence-electron chi connectivity index (χ2n) is 9.42. The van der Waals surface area contributed by atoms with Gasteiger partial charge in [-0.25, -0.2) is 9.59 Å². The topological polar surface area (TPSA) is 108 Å². The number of hydrogen-bond acceptors (Lipinski definition) is 6. The van der Waals surface area contributed by atoms with E-state index in [9.17, 15) is 19.5 Å². The monoisotopic (exact) mass is 483 g/mol. The molecule has 0 aromatic heterocycles. The van der Waals surface area contributed by atoms with Gasteiger partial charge in [0.2, 0.25) is 5.91 Å². The summed E-state index contributed by atoms with van der Waals surface area (Å²) < 4.78 is 10.7. The molecule has 0 bridgehead atoms. The van der Waals surface area contributed by atoms with E-state index in [0.717, 1.165) is 11.1 Å². The van der Waals surface area contributed by atoms with Crippen molar-refractivity contribution in [3.05, 3.63) is 65.7 Å². The maximum atomic E-state index is 13.4. The Labute approximate surface area is 205 Å². The molecule has 9 heteroatoms. The van der Waals surface area contributed by atoms with E-state index in [1.54, 1.807) is 42.7 Å². The Hall–Kier alpha value is -3.75. The fourth-order valence-electron chi connectivity index (χ4n) is 3.63. The molecule has 1 aliphatic heterocycles. The van der Waals surface area contributed by atoms with Crippen molar-refractivity contribution < 1.29 is 29.0 Å². The molecule has 1 atom stereocenters. The van der Waals surface area contributed by atoms with Crippen LogP contribution in [-0.4, -0.2) is 70.8 Å². The molecule has 3 rings (SSSR count). The van der Waals surface area contributed by atoms with Crippen molar-refractivity contribution in [2.75, 3.05) is 26.2 Å². The largest absolute Gasteiger partial charge is 0.508 e. The number of amides is 3. The molecule has 1 heterocycles. The Morgan fingerprint density at radius 2 is 1.51 bits per heavy atom. The number of nitrogens with one attached hydrogen (secondary N) is 1. The zero-order chi connectivity index (χ0) is 25.4. The van der Waals surface area contributed by atoms with Gasteiger partial charge in [-0.3, -0.25) is 4.79 Å². The highest BCUT2D eigenvalue weighted by Gasteiger charge is 2.32. The fraction of sp³-hybridized carbons (Fsp3) is 0.423. The molecule has 2 aromatic rings. The van der Waals surface area contributed by atoms with E-state index in [1.165, 1.54) is 12.1 Å². The predicted molar refractivity (Wildman–Crippen MR) is 130 cm³/mol. The number of ether oxygens (including phenoxy) is 2. The van der Waals surface area contributed by atoms with Crippen LogP contribution in [0.3, 0.4) is 0 Å². The van der Waals surface area contributed by atoms with E-state index in [4.69, 9.17) is 9.47 Å². The Balaban J connectivity index is 1.62. The minimum atomic E-state index is -0.865. The van der Waals surface area contributed by atoms with Crippen LogP contribution in [0.1, 0.15) is 31.9 Å². The number of rotatable bonds is 6. The third-order valence-corrected chi connectivity index (χ3v) is 5.42. The summed E-state index contributed by atoms with van der Waals surface area (Å²) >= 11 is 0. The molecule has 3 amide bonds. The summed E-state index contributed by atoms with van der Waals surface area (Å²) in [5, 5.41) is 12.3. The van der Waals surface area contributed by atoms with E-state index in [1.807, 2.05) is 30.3 Å². The number of alkyl carbamates (subject to hydrolysis) is 1. The number of phenolic OH excluding ortho intramolecular Hbond substituents is 1. The summed E-state index contributed by atoms with van der Waals surface area (Å²) in [5.41, 5.74) is 1.02. The predicted octanol–water partition coefficient (Wildman–Crippen LogP) is 3.31. The van der Waals surface area contributed by atoms with E-state index >= 15 is 0 Å². The molecule has 1 unspecified atom stereocenters. The van der Waals surface area contributed by atoms with Crippen LogP contribution in [0.5, 0.6) is 5.75 Å². The van der Waals surface area contributed by atoms with Crippen molar-refractivity contribution in [2.24, 2.45) is 0 Å². The standard InChI is InChI=1S/C26H33N3O6/c1-26(2,3)35-25(33)29-15-13-28(14-16-29)23(31)22(17-19-9-11-21(30)12-10-19)27-24(32)34-18-20-7-5-4-6-8-20/h4-12,22,30H,13-18H2,1-3H3,(H,27,32). The van der Waals surface area contributed by atoms with Crippen LogP contribution in [0.2, 0.25) is 0 Å². The summed E-state index contributed by atoms with van der Waals surface area (Å²) in [6.07, 6.45) is -0.877. The molecule has 1 fully saturated rings. The molecule has 0 radical (unpaired) electrons. The third-order valence-electron chi connectivity index (χ3n) is 5.42. The average molecular weight is 484 g/mol. The van der Waals surface area contributed by atoms with Crippen LogP contribution in [0, 0.1) is 0 Å². The number of piperazine rings is 1. The highest BCUT2D eigenvalue weighted by Crippen LogP contribution is 2.15. The number of phenols is 1. The Morgan fingerprint density at radius 1 is 0.914 bits per heavy atom. The molecule has 1 saturated heterocycles. The van der Waals surface area contributed by atoms with Gasteiger partial charge in [0.05, 0.1) is 0 Å². The number of carbonyl (C=O) groups excluding carboxylic acids is 3. The van der Waals surface area contributed by atoms with E-state index in [-0.39, 0.29) is 24.7 Å². The Kier molecular flexibility index (Phi) is 8.57. The second kappa shape index (κ2) is 11.6. The first kappa shape index (κ1) is 25.9. The number of aromatic hydroxyl groups is 1. The first-order valence-corrected chi connectivity index (χ1v) is 11.6. The number of carbonyl (C=O) groups is 3. The van der Waals surface area contributed by atoms with Gasteiger partial charge in [0.1, 0.15) is 24.0 Å². The summed E-state index contributed by atoms with van der Waals surface area (Å²) in [4.78, 5) is 41.4. The first-order valence-electron chi connectivity index (χ1n) is 11.6. The maximum Gasteiger partial charge on any atom is 0.410 e. The van der Waals surface area contributed by atoms with Gasteiger partial charge >= 0.3 is 12.2 Å². The van der Waals surface area contributed by atoms with Crippen LogP contribution in [0.25, 0.3) is 0 Å². The molecule has 9 nitrogen and oxygen atoms in total. The van der Waals surface area contributed by atoms with E-state index < -0.39 is 23.8 Å². The SMILES string of the molecule is CC(C)(C)OC(=O)N1CCN(C(=O)C(Cc2ccc(O)cc2)NC(=O)OCc2ccccc2)CC1. The van der Waals surface area contributed by atoms with Crippen molar-refractivity contribution in [1.82, 2.24) is 15.1 Å². The molecule has 0 saturated carbocycles. The lowest BCUT2D eigenvalue weighted by Crippen LogP contribution is -2.56. The van der Waals surface area contributed by atoms with Gasteiger partial charge in [-0.05, 0) is 44.0 Å². The Morgan fingerprint density at radius 3 is 2.11 bits per heavy atom. The lowest BCUT2D eigenvalue weighted by molar-refractivity contribution is -0.135. The van der Waals surface area contributed by atoms with Crippen LogP contribution >= 0.6 is 0 Å². The Bertz CT molecular complexity index is 996. The van der Waals surface area contributed by atoms with Gasteiger partial charge in [0.25, 0.3) is 0 Å². The zero-order valence-corrected chi connectivity index (χ0v) is 20.4. The lowest BCUT2D eigenvalue weighted by atomic mass is 10.0. The van der Waals surface area contributed by atoms with Crippen LogP contribution < -0.4 is 5.32 Å². The minimum Gasteiger partial charge on any atom is -0.508 e. The highest BCUT2D eigenvalue weighted by atomic mass is 16.6. The zero-order valence-electron chi connectivity index (χ0n) is 20.4. The minimum absolute atomic E-state index is 0.0847. The summed E-state index contributed by atoms with van der Waals surface area (Å²) in [5.74, 6) is -0.149. The second-order valence-corrected chi connectivity index (χ2v) is 9.42. The molecule has 0 spiro atoms. The van der Waals surface area contributed by atoms with Crippen molar-refractivity contribution in [3.63, 3.8) is 0 Å². The quantitative estimate of drug-likeness (QED) is 0.653. The lowest BCUT2D eigenvalue weighted by Gasteiger charge is -2.37. The molecule has 35 heavy (non-hydrogen) atoms. The van der Waals surface area contributed by atoms with Crippen LogP contribution in [0.15, 0.2) is 54.6 Å². The summed E-state index contributed by atoms with van der Waals surface area (Å²) in [6, 6.07) is 14.9. The first-order chi connectivity index (χ1) is 16.6. The molecular weight excluding hydrogens is 450 g/mol. The molecule has 1 aliphatic rings. The van der Waals surface area contributed by atoms with Crippen molar-refractivity contribution >= 4 is 18.1 Å². The number of benzene rings is 2. The van der Waals surface area contributed by atoms with Gasteiger partial charge in [-0.2, -0.15) is 0 Å². The average Bonchev–Trinajstić information content (AvgIpc) is 2.83. The number of hydrogen-bond donors (Lipinski definition) is 2. The summed E-state index contributed by atoms with van der Waals surface area (Å²) in [7, 11) is 0. The van der Waals surface area contributed by atoms with Gasteiger partial charge in [-0.15, -0.1) is 0 Å². The molecule has 188 valence electrons. The molecule has 2 aromatic carbocycles. The summed E-state index contributed by atoms with van der Waals surface area (Å²) in [6.45, 7) is 6.83. The van der Waals surface area contributed by atoms with Gasteiger partial charge in [0.15, 0.2) is 0 Å². The smallest absolute Gasteiger partial charge is 0.410 e. The van der Waals surface area contributed by atoms with Gasteiger partial charge in [0, 0.05) is 32.6 Å². The van der Waals surface area contributed by atoms with Crippen molar-refractivity contribution in [2.45, 2.75) is 45.4 Å². The van der Waals surface area contributed by atoms with Gasteiger partial charge < -0.3 is 29.7 Å². The maximum absolute atomic E-state index is 13.4.